The molecule has 2 aliphatic carbocycles. The van der Waals surface area contributed by atoms with Gasteiger partial charge in [-0.1, -0.05) is 17.6 Å². The molecule has 5 heteroatoms. The number of fused-ring (bicyclic) bond motifs is 2. The molecule has 2 aromatic rings. The first-order chi connectivity index (χ1) is 14.7. The maximum Gasteiger partial charge on any atom is 0.249 e. The van der Waals surface area contributed by atoms with Crippen molar-refractivity contribution >= 4 is 11.5 Å². The van der Waals surface area contributed by atoms with E-state index in [2.05, 4.69) is 16.8 Å². The number of rotatable bonds is 4. The molecule has 0 saturated heterocycles. The van der Waals surface area contributed by atoms with E-state index >= 15 is 4.39 Å². The first-order valence-electron chi connectivity index (χ1n) is 10.6. The summed E-state index contributed by atoms with van der Waals surface area (Å²) in [5.41, 5.74) is 11.2. The lowest BCUT2D eigenvalue weighted by Crippen LogP contribution is -2.32. The van der Waals surface area contributed by atoms with Crippen molar-refractivity contribution in [2.24, 2.45) is 11.7 Å². The molecule has 31 heavy (non-hydrogen) atoms. The highest BCUT2D eigenvalue weighted by Crippen LogP contribution is 2.48. The Morgan fingerprint density at radius 3 is 2.77 bits per heavy atom. The lowest BCUT2D eigenvalue weighted by atomic mass is 9.76. The Kier molecular flexibility index (Phi) is 5.45. The Balaban J connectivity index is 1.78. The van der Waals surface area contributed by atoms with E-state index < -0.39 is 17.3 Å². The summed E-state index contributed by atoms with van der Waals surface area (Å²) in [5, 5.41) is 10.5. The second kappa shape index (κ2) is 7.94. The average molecular weight is 419 g/mol. The van der Waals surface area contributed by atoms with Crippen molar-refractivity contribution in [2.45, 2.75) is 58.5 Å². The summed E-state index contributed by atoms with van der Waals surface area (Å²) in [6.07, 6.45) is 5.03. The second-order valence-electron chi connectivity index (χ2n) is 9.06. The number of amides is 1. The van der Waals surface area contributed by atoms with Gasteiger partial charge < -0.3 is 10.8 Å². The average Bonchev–Trinajstić information content (AvgIpc) is 3.09. The monoisotopic (exact) mass is 418 g/mol. The number of hydrogen-bond donors (Lipinski definition) is 2. The van der Waals surface area contributed by atoms with Crippen LogP contribution in [0, 0.1) is 23.6 Å². The van der Waals surface area contributed by atoms with Gasteiger partial charge in [0.15, 0.2) is 0 Å². The van der Waals surface area contributed by atoms with Gasteiger partial charge in [-0.25, -0.2) is 9.37 Å². The fourth-order valence-corrected chi connectivity index (χ4v) is 4.93. The molecule has 0 bridgehead atoms. The van der Waals surface area contributed by atoms with E-state index in [1.165, 1.54) is 11.6 Å². The van der Waals surface area contributed by atoms with Gasteiger partial charge in [0.25, 0.3) is 0 Å². The quantitative estimate of drug-likeness (QED) is 0.732. The van der Waals surface area contributed by atoms with Crippen LogP contribution in [0.4, 0.5) is 4.39 Å². The van der Waals surface area contributed by atoms with Crippen molar-refractivity contribution in [3.8, 4) is 11.8 Å². The molecule has 1 heterocycles. The highest BCUT2D eigenvalue weighted by molar-refractivity contribution is 5.98. The molecule has 0 saturated carbocycles. The first kappa shape index (κ1) is 21.3. The molecule has 4 rings (SSSR count). The van der Waals surface area contributed by atoms with E-state index in [0.29, 0.717) is 24.1 Å². The van der Waals surface area contributed by atoms with Gasteiger partial charge in [0.2, 0.25) is 5.91 Å². The van der Waals surface area contributed by atoms with E-state index in [1.54, 1.807) is 13.1 Å². The molecule has 1 aromatic heterocycles. The van der Waals surface area contributed by atoms with Crippen molar-refractivity contribution in [3.05, 3.63) is 69.3 Å². The van der Waals surface area contributed by atoms with E-state index in [-0.39, 0.29) is 11.5 Å². The molecule has 0 fully saturated rings. The van der Waals surface area contributed by atoms with Crippen LogP contribution in [-0.2, 0) is 12.8 Å². The maximum absolute atomic E-state index is 15.3. The predicted molar refractivity (Wildman–Crippen MR) is 119 cm³/mol. The van der Waals surface area contributed by atoms with Crippen molar-refractivity contribution < 1.29 is 14.3 Å². The Morgan fingerprint density at radius 1 is 1.39 bits per heavy atom. The van der Waals surface area contributed by atoms with Crippen molar-refractivity contribution in [3.63, 3.8) is 0 Å². The smallest absolute Gasteiger partial charge is 0.249 e. The molecule has 0 spiro atoms. The zero-order valence-electron chi connectivity index (χ0n) is 18.2. The summed E-state index contributed by atoms with van der Waals surface area (Å²) in [5.74, 6) is 4.85. The number of aromatic nitrogens is 1. The van der Waals surface area contributed by atoms with Crippen LogP contribution < -0.4 is 5.73 Å². The van der Waals surface area contributed by atoms with Gasteiger partial charge in [-0.3, -0.25) is 4.79 Å². The van der Waals surface area contributed by atoms with E-state index in [9.17, 15) is 9.90 Å². The van der Waals surface area contributed by atoms with Crippen LogP contribution in [0.3, 0.4) is 0 Å². The number of primary amides is 1. The molecule has 1 atom stereocenters. The third kappa shape index (κ3) is 4.00. The minimum absolute atomic E-state index is 0.141. The Labute approximate surface area is 182 Å². The maximum atomic E-state index is 15.3. The first-order valence-corrected chi connectivity index (χ1v) is 10.6. The van der Waals surface area contributed by atoms with Gasteiger partial charge in [0.05, 0.1) is 5.60 Å². The molecular weight excluding hydrogens is 391 g/mol. The third-order valence-corrected chi connectivity index (χ3v) is 6.57. The van der Waals surface area contributed by atoms with E-state index in [4.69, 9.17) is 5.73 Å². The van der Waals surface area contributed by atoms with Gasteiger partial charge >= 0.3 is 0 Å². The molecule has 2 aliphatic rings. The molecule has 3 N–H and O–H groups in total. The number of halogens is 1. The van der Waals surface area contributed by atoms with E-state index in [0.717, 1.165) is 41.5 Å². The number of hydrogen-bond acceptors (Lipinski definition) is 3. The zero-order valence-corrected chi connectivity index (χ0v) is 18.2. The molecular formula is C26H27FN2O2. The van der Waals surface area contributed by atoms with Gasteiger partial charge in [-0.2, -0.15) is 0 Å². The van der Waals surface area contributed by atoms with Crippen LogP contribution in [-0.4, -0.2) is 21.6 Å². The molecule has 0 radical (unpaired) electrons. The SMILES string of the molecule is CC#Cc1ccc(Cc2c(F)cc(C(N)=O)c3c2C2=C(C3)CC(C(C)(C)O)CC2)cn1. The Morgan fingerprint density at radius 2 is 2.16 bits per heavy atom. The molecule has 4 nitrogen and oxygen atoms in total. The summed E-state index contributed by atoms with van der Waals surface area (Å²) in [6, 6.07) is 5.03. The summed E-state index contributed by atoms with van der Waals surface area (Å²) >= 11 is 0. The van der Waals surface area contributed by atoms with Crippen LogP contribution in [0.2, 0.25) is 0 Å². The van der Waals surface area contributed by atoms with Gasteiger partial charge in [0, 0.05) is 23.7 Å². The summed E-state index contributed by atoms with van der Waals surface area (Å²) in [6.45, 7) is 5.43. The van der Waals surface area contributed by atoms with Crippen LogP contribution >= 0.6 is 0 Å². The molecule has 1 amide bonds. The lowest BCUT2D eigenvalue weighted by Gasteiger charge is -2.33. The van der Waals surface area contributed by atoms with Crippen LogP contribution in [0.5, 0.6) is 0 Å². The predicted octanol–water partition coefficient (Wildman–Crippen LogP) is 4.16. The van der Waals surface area contributed by atoms with Crippen molar-refractivity contribution in [1.82, 2.24) is 4.98 Å². The second-order valence-corrected chi connectivity index (χ2v) is 9.06. The van der Waals surface area contributed by atoms with Crippen LogP contribution in [0.25, 0.3) is 5.57 Å². The summed E-state index contributed by atoms with van der Waals surface area (Å²) in [7, 11) is 0. The highest BCUT2D eigenvalue weighted by Gasteiger charge is 2.37. The number of nitrogens with two attached hydrogens (primary N) is 1. The van der Waals surface area contributed by atoms with Gasteiger partial charge in [-0.05, 0) is 92.7 Å². The van der Waals surface area contributed by atoms with Crippen LogP contribution in [0.15, 0.2) is 30.0 Å². The van der Waals surface area contributed by atoms with Crippen molar-refractivity contribution in [2.75, 3.05) is 0 Å². The van der Waals surface area contributed by atoms with Gasteiger partial charge in [0.1, 0.15) is 11.5 Å². The fraction of sp³-hybridized carbons (Fsp3) is 0.385. The zero-order chi connectivity index (χ0) is 22.3. The number of allylic oxidation sites excluding steroid dienone is 2. The van der Waals surface area contributed by atoms with Crippen LogP contribution in [0.1, 0.15) is 78.3 Å². The number of aliphatic hydroxyl groups is 1. The number of nitrogens with zero attached hydrogens (tertiary/aromatic N) is 1. The van der Waals surface area contributed by atoms with Gasteiger partial charge in [-0.15, -0.1) is 0 Å². The molecule has 160 valence electrons. The minimum Gasteiger partial charge on any atom is -0.390 e. The summed E-state index contributed by atoms with van der Waals surface area (Å²) in [4.78, 5) is 16.4. The standard InChI is InChI=1S/C26H27FN2O2/c1-4-5-18-8-6-15(14-29-18)10-22-23(27)13-21(25(28)30)20-12-16-11-17(26(2,3)31)7-9-19(16)24(20)22/h6,8,13-14,17,31H,7,9-12H2,1-3H3,(H2,28,30). The molecule has 0 aliphatic heterocycles. The minimum atomic E-state index is -0.775. The number of carbonyl (C=O) groups excluding carboxylic acids is 1. The normalized spacial score (nSPS) is 17.6. The Hall–Kier alpha value is -2.97. The fourth-order valence-electron chi connectivity index (χ4n) is 4.93. The number of pyridine rings is 1. The lowest BCUT2D eigenvalue weighted by molar-refractivity contribution is 0.0123. The van der Waals surface area contributed by atoms with E-state index in [1.807, 2.05) is 26.0 Å². The largest absolute Gasteiger partial charge is 0.390 e. The molecule has 1 unspecified atom stereocenters. The topological polar surface area (TPSA) is 76.2 Å². The molecule has 1 aromatic carbocycles. The third-order valence-electron chi connectivity index (χ3n) is 6.57. The summed E-state index contributed by atoms with van der Waals surface area (Å²) < 4.78 is 15.3. The Bertz CT molecular complexity index is 1150. The number of benzene rings is 1. The van der Waals surface area contributed by atoms with Crippen molar-refractivity contribution in [1.29, 1.82) is 0 Å². The highest BCUT2D eigenvalue weighted by atomic mass is 19.1. The number of carbonyl (C=O) groups is 1.